The molecule has 0 spiro atoms. The second-order valence-electron chi connectivity index (χ2n) is 4.68. The van der Waals surface area contributed by atoms with Gasteiger partial charge in [0.2, 0.25) is 6.10 Å². The summed E-state index contributed by atoms with van der Waals surface area (Å²) >= 11 is 0. The molecule has 0 radical (unpaired) electrons. The largest absolute Gasteiger partial charge is 0.496 e. The SMILES string of the molecule is CCCCNC(=O)[C@H]1CC(c2ccccc2OC)=NO1. The van der Waals surface area contributed by atoms with E-state index in [9.17, 15) is 4.79 Å². The van der Waals surface area contributed by atoms with E-state index >= 15 is 0 Å². The molecule has 0 saturated heterocycles. The van der Waals surface area contributed by atoms with Crippen molar-refractivity contribution >= 4 is 11.6 Å². The minimum Gasteiger partial charge on any atom is -0.496 e. The number of amides is 1. The van der Waals surface area contributed by atoms with Crippen LogP contribution in [0.4, 0.5) is 0 Å². The van der Waals surface area contributed by atoms with Gasteiger partial charge in [0.1, 0.15) is 5.75 Å². The maximum Gasteiger partial charge on any atom is 0.264 e. The molecule has 5 nitrogen and oxygen atoms in total. The molecule has 0 fully saturated rings. The van der Waals surface area contributed by atoms with Gasteiger partial charge in [-0.25, -0.2) is 0 Å². The number of rotatable bonds is 6. The number of hydrogen-bond donors (Lipinski definition) is 1. The Morgan fingerprint density at radius 1 is 1.50 bits per heavy atom. The molecule has 2 rings (SSSR count). The van der Waals surface area contributed by atoms with Crippen LogP contribution >= 0.6 is 0 Å². The van der Waals surface area contributed by atoms with Gasteiger partial charge < -0.3 is 14.9 Å². The third-order valence-corrected chi connectivity index (χ3v) is 3.21. The molecule has 1 aliphatic rings. The van der Waals surface area contributed by atoms with Crippen LogP contribution in [-0.2, 0) is 9.63 Å². The van der Waals surface area contributed by atoms with Gasteiger partial charge in [0, 0.05) is 18.5 Å². The highest BCUT2D eigenvalue weighted by Gasteiger charge is 2.29. The maximum absolute atomic E-state index is 11.9. The topological polar surface area (TPSA) is 59.9 Å². The number of carbonyl (C=O) groups is 1. The summed E-state index contributed by atoms with van der Waals surface area (Å²) in [5, 5.41) is 6.88. The smallest absolute Gasteiger partial charge is 0.264 e. The molecule has 1 aromatic carbocycles. The molecular formula is C15H20N2O3. The molecule has 1 N–H and O–H groups in total. The third kappa shape index (κ3) is 3.29. The molecule has 0 aromatic heterocycles. The van der Waals surface area contributed by atoms with E-state index in [2.05, 4.69) is 17.4 Å². The molecule has 1 aromatic rings. The van der Waals surface area contributed by atoms with E-state index in [-0.39, 0.29) is 5.91 Å². The quantitative estimate of drug-likeness (QED) is 0.809. The van der Waals surface area contributed by atoms with Crippen molar-refractivity contribution in [2.75, 3.05) is 13.7 Å². The molecule has 1 heterocycles. The summed E-state index contributed by atoms with van der Waals surface area (Å²) in [6.45, 7) is 2.76. The van der Waals surface area contributed by atoms with Crippen molar-refractivity contribution in [3.63, 3.8) is 0 Å². The van der Waals surface area contributed by atoms with Crippen LogP contribution in [0, 0.1) is 0 Å². The summed E-state index contributed by atoms with van der Waals surface area (Å²) in [6, 6.07) is 7.59. The molecule has 0 bridgehead atoms. The monoisotopic (exact) mass is 276 g/mol. The predicted octanol–water partition coefficient (Wildman–Crippen LogP) is 2.10. The fraction of sp³-hybridized carbons (Fsp3) is 0.467. The van der Waals surface area contributed by atoms with E-state index in [1.54, 1.807) is 7.11 Å². The van der Waals surface area contributed by atoms with E-state index in [0.717, 1.165) is 29.9 Å². The Kier molecular flexibility index (Phi) is 4.98. The maximum atomic E-state index is 11.9. The lowest BCUT2D eigenvalue weighted by atomic mass is 10.0. The van der Waals surface area contributed by atoms with Crippen LogP contribution in [0.5, 0.6) is 5.75 Å². The second-order valence-corrected chi connectivity index (χ2v) is 4.68. The molecule has 108 valence electrons. The van der Waals surface area contributed by atoms with Crippen LogP contribution in [0.15, 0.2) is 29.4 Å². The first kappa shape index (κ1) is 14.4. The lowest BCUT2D eigenvalue weighted by Crippen LogP contribution is -2.35. The zero-order chi connectivity index (χ0) is 14.4. The summed E-state index contributed by atoms with van der Waals surface area (Å²) in [5.74, 6) is 0.633. The number of para-hydroxylation sites is 1. The minimum atomic E-state index is -0.535. The average molecular weight is 276 g/mol. The average Bonchev–Trinajstić information content (AvgIpc) is 2.97. The zero-order valence-electron chi connectivity index (χ0n) is 11.9. The standard InChI is InChI=1S/C15H20N2O3/c1-3-4-9-16-15(18)14-10-12(17-20-14)11-7-5-6-8-13(11)19-2/h5-8,14H,3-4,9-10H2,1-2H3,(H,16,18)/t14-/m1/s1. The van der Waals surface area contributed by atoms with Gasteiger partial charge in [-0.1, -0.05) is 30.6 Å². The van der Waals surface area contributed by atoms with Gasteiger partial charge in [-0.15, -0.1) is 0 Å². The number of nitrogens with zero attached hydrogens (tertiary/aromatic N) is 1. The summed E-state index contributed by atoms with van der Waals surface area (Å²) < 4.78 is 5.30. The normalized spacial score (nSPS) is 17.3. The van der Waals surface area contributed by atoms with Gasteiger partial charge in [-0.3, -0.25) is 4.79 Å². The van der Waals surface area contributed by atoms with Gasteiger partial charge in [0.25, 0.3) is 5.91 Å². The van der Waals surface area contributed by atoms with Crippen LogP contribution in [0.3, 0.4) is 0 Å². The van der Waals surface area contributed by atoms with Crippen molar-refractivity contribution in [2.24, 2.45) is 5.16 Å². The van der Waals surface area contributed by atoms with E-state index < -0.39 is 6.10 Å². The highest BCUT2D eigenvalue weighted by Crippen LogP contribution is 2.24. The molecule has 5 heteroatoms. The number of oxime groups is 1. The van der Waals surface area contributed by atoms with Crippen molar-refractivity contribution < 1.29 is 14.4 Å². The lowest BCUT2D eigenvalue weighted by molar-refractivity contribution is -0.131. The van der Waals surface area contributed by atoms with E-state index in [4.69, 9.17) is 9.57 Å². The van der Waals surface area contributed by atoms with Gasteiger partial charge in [0.15, 0.2) is 0 Å². The minimum absolute atomic E-state index is 0.105. The van der Waals surface area contributed by atoms with Crippen molar-refractivity contribution in [2.45, 2.75) is 32.3 Å². The Morgan fingerprint density at radius 2 is 2.30 bits per heavy atom. The van der Waals surface area contributed by atoms with Crippen molar-refractivity contribution in [3.8, 4) is 5.75 Å². The predicted molar refractivity (Wildman–Crippen MR) is 76.9 cm³/mol. The second kappa shape index (κ2) is 6.93. The Hall–Kier alpha value is -2.04. The van der Waals surface area contributed by atoms with Crippen LogP contribution in [0.1, 0.15) is 31.7 Å². The molecule has 1 aliphatic heterocycles. The molecule has 0 unspecified atom stereocenters. The first-order chi connectivity index (χ1) is 9.76. The number of methoxy groups -OCH3 is 1. The van der Waals surface area contributed by atoms with Crippen molar-refractivity contribution in [1.82, 2.24) is 5.32 Å². The first-order valence-corrected chi connectivity index (χ1v) is 6.90. The summed E-state index contributed by atoms with van der Waals surface area (Å²) in [4.78, 5) is 17.1. The summed E-state index contributed by atoms with van der Waals surface area (Å²) in [7, 11) is 1.62. The zero-order valence-corrected chi connectivity index (χ0v) is 11.9. The van der Waals surface area contributed by atoms with Gasteiger partial charge in [-0.2, -0.15) is 0 Å². The molecule has 0 saturated carbocycles. The van der Waals surface area contributed by atoms with Gasteiger partial charge in [0.05, 0.1) is 12.8 Å². The Balaban J connectivity index is 1.96. The van der Waals surface area contributed by atoms with Crippen molar-refractivity contribution in [3.05, 3.63) is 29.8 Å². The fourth-order valence-corrected chi connectivity index (χ4v) is 2.06. The summed E-state index contributed by atoms with van der Waals surface area (Å²) in [5.41, 5.74) is 1.62. The number of benzene rings is 1. The molecular weight excluding hydrogens is 256 g/mol. The summed E-state index contributed by atoms with van der Waals surface area (Å²) in [6.07, 6.45) is 1.96. The van der Waals surface area contributed by atoms with Crippen LogP contribution in [-0.4, -0.2) is 31.4 Å². The van der Waals surface area contributed by atoms with E-state index in [1.807, 2.05) is 24.3 Å². The number of carbonyl (C=O) groups excluding carboxylic acids is 1. The van der Waals surface area contributed by atoms with Crippen LogP contribution in [0.2, 0.25) is 0 Å². The van der Waals surface area contributed by atoms with E-state index in [0.29, 0.717) is 13.0 Å². The van der Waals surface area contributed by atoms with Gasteiger partial charge in [-0.05, 0) is 18.6 Å². The number of hydrogen-bond acceptors (Lipinski definition) is 4. The number of nitrogens with one attached hydrogen (secondary N) is 1. The number of unbranched alkanes of at least 4 members (excludes halogenated alkanes) is 1. The van der Waals surface area contributed by atoms with Crippen LogP contribution < -0.4 is 10.1 Å². The highest BCUT2D eigenvalue weighted by atomic mass is 16.6. The van der Waals surface area contributed by atoms with Crippen molar-refractivity contribution in [1.29, 1.82) is 0 Å². The highest BCUT2D eigenvalue weighted by molar-refractivity contribution is 6.05. The van der Waals surface area contributed by atoms with Gasteiger partial charge >= 0.3 is 0 Å². The fourth-order valence-electron chi connectivity index (χ4n) is 2.06. The molecule has 20 heavy (non-hydrogen) atoms. The third-order valence-electron chi connectivity index (χ3n) is 3.21. The Labute approximate surface area is 118 Å². The lowest BCUT2D eigenvalue weighted by Gasteiger charge is -2.09. The number of ether oxygens (including phenoxy) is 1. The molecule has 1 amide bonds. The molecule has 1 atom stereocenters. The first-order valence-electron chi connectivity index (χ1n) is 6.90. The van der Waals surface area contributed by atoms with E-state index in [1.165, 1.54) is 0 Å². The Bertz CT molecular complexity index is 500. The van der Waals surface area contributed by atoms with Crippen LogP contribution in [0.25, 0.3) is 0 Å². The Morgan fingerprint density at radius 3 is 3.05 bits per heavy atom. The molecule has 0 aliphatic carbocycles.